The summed E-state index contributed by atoms with van der Waals surface area (Å²) in [6.45, 7) is 1.86. The maximum atomic E-state index is 14.4. The Morgan fingerprint density at radius 3 is 1.88 bits per heavy atom. The lowest BCUT2D eigenvalue weighted by Gasteiger charge is -2.31. The second-order valence-electron chi connectivity index (χ2n) is 19.7. The van der Waals surface area contributed by atoms with E-state index in [-0.39, 0.29) is 51.6 Å². The quantitative estimate of drug-likeness (QED) is 0.0266. The van der Waals surface area contributed by atoms with E-state index in [1.807, 2.05) is 0 Å². The average molecular weight is 1120 g/mol. The molecule has 18 N–H and O–H groups in total. The van der Waals surface area contributed by atoms with E-state index in [2.05, 4.69) is 42.2 Å². The van der Waals surface area contributed by atoms with Gasteiger partial charge >= 0.3 is 11.9 Å². The van der Waals surface area contributed by atoms with E-state index >= 15 is 0 Å². The number of nitrogens with one attached hydrogen (secondary N) is 8. The van der Waals surface area contributed by atoms with Crippen LogP contribution in [0.5, 0.6) is 0 Å². The molecule has 1 aliphatic heterocycles. The van der Waals surface area contributed by atoms with E-state index in [4.69, 9.17) is 17.2 Å². The van der Waals surface area contributed by atoms with Crippen molar-refractivity contribution in [3.63, 3.8) is 0 Å². The van der Waals surface area contributed by atoms with Gasteiger partial charge in [0, 0.05) is 49.3 Å². The zero-order valence-electron chi connectivity index (χ0n) is 44.8. The lowest BCUT2D eigenvalue weighted by Crippen LogP contribution is -2.61. The van der Waals surface area contributed by atoms with Crippen LogP contribution in [-0.4, -0.2) is 176 Å². The van der Waals surface area contributed by atoms with Crippen molar-refractivity contribution in [1.29, 1.82) is 0 Å². The summed E-state index contributed by atoms with van der Waals surface area (Å²) in [7, 11) is 0. The number of nitrogens with two attached hydrogens (primary N) is 3. The molecule has 10 atom stereocenters. The van der Waals surface area contributed by atoms with Gasteiger partial charge in [0.1, 0.15) is 54.4 Å². The summed E-state index contributed by atoms with van der Waals surface area (Å²) in [6, 6.07) is 2.60. The maximum absolute atomic E-state index is 14.4. The molecule has 0 spiro atoms. The molecule has 4 rings (SSSR count). The lowest BCUT2D eigenvalue weighted by molar-refractivity contribution is -0.144. The normalized spacial score (nSPS) is 16.5. The van der Waals surface area contributed by atoms with Crippen LogP contribution in [0, 0.1) is 5.92 Å². The zero-order chi connectivity index (χ0) is 59.1. The van der Waals surface area contributed by atoms with Crippen LogP contribution in [0.2, 0.25) is 0 Å². The van der Waals surface area contributed by atoms with Crippen LogP contribution in [-0.2, 0) is 65.6 Å². The minimum atomic E-state index is -1.68. The molecular weight excluding hydrogens is 1040 g/mol. The number of carboxylic acid groups (broad SMARTS) is 2. The largest absolute Gasteiger partial charge is 0.481 e. The number of aromatic nitrogens is 1. The van der Waals surface area contributed by atoms with Crippen molar-refractivity contribution in [2.24, 2.45) is 23.1 Å². The van der Waals surface area contributed by atoms with E-state index in [1.54, 1.807) is 74.6 Å². The molecular formula is C53H76N12O15. The number of nitrogens with zero attached hydrogens (tertiary/aromatic N) is 1. The summed E-state index contributed by atoms with van der Waals surface area (Å²) in [5.41, 5.74) is 18.9. The SMILES string of the molecule is CC[C@H](C)[C@H](NC(=O)[C@H](Cc1ccccc1)NC(=O)[C@@H](N)CO)C(=O)N[C@@H](CCCCN)C(=O)N[C@@H](CCC(N)=O)C(=O)N[C@@H](CCC(=O)O)C(=O)N1CCC[C@H]1C(=O)N[C@@H](CO)C(=O)N[C@@H](Cc1c[nH]c2ccccc12)C(=O)O. The molecule has 1 saturated heterocycles. The molecule has 9 amide bonds. The number of carboxylic acids is 2. The number of amides is 9. The molecule has 0 saturated carbocycles. The van der Waals surface area contributed by atoms with Gasteiger partial charge in [0.2, 0.25) is 53.2 Å². The highest BCUT2D eigenvalue weighted by atomic mass is 16.4. The van der Waals surface area contributed by atoms with Crippen molar-refractivity contribution < 1.29 is 73.2 Å². The molecule has 27 heteroatoms. The minimum absolute atomic E-state index is 0.0234. The topological polar surface area (TPSA) is 450 Å². The van der Waals surface area contributed by atoms with Crippen molar-refractivity contribution in [1.82, 2.24) is 47.1 Å². The number of fused-ring (bicyclic) bond motifs is 1. The van der Waals surface area contributed by atoms with Crippen LogP contribution in [0.25, 0.3) is 10.9 Å². The summed E-state index contributed by atoms with van der Waals surface area (Å²) in [4.78, 5) is 151. The number of hydrogen-bond acceptors (Lipinski definition) is 15. The highest BCUT2D eigenvalue weighted by molar-refractivity contribution is 5.99. The van der Waals surface area contributed by atoms with Gasteiger partial charge in [-0.2, -0.15) is 0 Å². The number of aliphatic carboxylic acids is 2. The van der Waals surface area contributed by atoms with Crippen LogP contribution in [0.3, 0.4) is 0 Å². The van der Waals surface area contributed by atoms with Gasteiger partial charge in [-0.05, 0) is 74.6 Å². The van der Waals surface area contributed by atoms with Crippen molar-refractivity contribution in [3.8, 4) is 0 Å². The molecule has 0 radical (unpaired) electrons. The van der Waals surface area contributed by atoms with E-state index in [0.717, 1.165) is 15.8 Å². The molecule has 438 valence electrons. The molecule has 0 aliphatic carbocycles. The third-order valence-corrected chi connectivity index (χ3v) is 13.8. The Morgan fingerprint density at radius 1 is 0.662 bits per heavy atom. The Morgan fingerprint density at radius 2 is 1.25 bits per heavy atom. The molecule has 1 aromatic heterocycles. The van der Waals surface area contributed by atoms with Gasteiger partial charge in [-0.15, -0.1) is 0 Å². The first kappa shape index (κ1) is 64.5. The van der Waals surface area contributed by atoms with Crippen molar-refractivity contribution in [2.75, 3.05) is 26.3 Å². The number of H-pyrrole nitrogens is 1. The number of para-hydroxylation sites is 1. The Balaban J connectivity index is 1.53. The van der Waals surface area contributed by atoms with E-state index in [9.17, 15) is 73.2 Å². The number of carbonyl (C=O) groups excluding carboxylic acids is 9. The molecule has 27 nitrogen and oxygen atoms in total. The predicted octanol–water partition coefficient (Wildman–Crippen LogP) is -2.96. The smallest absolute Gasteiger partial charge is 0.326 e. The number of likely N-dealkylation sites (tertiary alicyclic amines) is 1. The second-order valence-corrected chi connectivity index (χ2v) is 19.7. The van der Waals surface area contributed by atoms with Crippen molar-refractivity contribution >= 4 is 76.0 Å². The number of benzene rings is 2. The molecule has 2 heterocycles. The van der Waals surface area contributed by atoms with E-state index in [0.29, 0.717) is 24.0 Å². The van der Waals surface area contributed by atoms with Crippen molar-refractivity contribution in [3.05, 3.63) is 71.9 Å². The predicted molar refractivity (Wildman–Crippen MR) is 288 cm³/mol. The highest BCUT2D eigenvalue weighted by Crippen LogP contribution is 2.22. The number of unbranched alkanes of at least 4 members (excludes halogenated alkanes) is 1. The fourth-order valence-corrected chi connectivity index (χ4v) is 8.98. The highest BCUT2D eigenvalue weighted by Gasteiger charge is 2.41. The van der Waals surface area contributed by atoms with Gasteiger partial charge in [0.25, 0.3) is 0 Å². The number of carbonyl (C=O) groups is 11. The molecule has 3 aromatic rings. The van der Waals surface area contributed by atoms with Crippen LogP contribution in [0.15, 0.2) is 60.8 Å². The van der Waals surface area contributed by atoms with Crippen LogP contribution in [0.4, 0.5) is 0 Å². The fourth-order valence-electron chi connectivity index (χ4n) is 8.98. The van der Waals surface area contributed by atoms with Gasteiger partial charge in [-0.3, -0.25) is 47.9 Å². The summed E-state index contributed by atoms with van der Waals surface area (Å²) in [6.07, 6.45) is 0.504. The summed E-state index contributed by atoms with van der Waals surface area (Å²) in [5, 5.41) is 57.6. The van der Waals surface area contributed by atoms with Crippen LogP contribution >= 0.6 is 0 Å². The molecule has 1 fully saturated rings. The number of aliphatic hydroxyl groups excluding tert-OH is 2. The van der Waals surface area contributed by atoms with Crippen molar-refractivity contribution in [2.45, 2.75) is 145 Å². The maximum Gasteiger partial charge on any atom is 0.326 e. The Hall–Kier alpha value is -8.01. The number of aromatic amines is 1. The summed E-state index contributed by atoms with van der Waals surface area (Å²) in [5.74, 6) is -11.6. The summed E-state index contributed by atoms with van der Waals surface area (Å²) < 4.78 is 0. The third kappa shape index (κ3) is 19.4. The Kier molecular flexibility index (Phi) is 25.9. The molecule has 2 aromatic carbocycles. The first-order valence-electron chi connectivity index (χ1n) is 26.5. The van der Waals surface area contributed by atoms with Gasteiger partial charge in [-0.1, -0.05) is 68.8 Å². The van der Waals surface area contributed by atoms with E-state index in [1.165, 1.54) is 0 Å². The number of aliphatic hydroxyl groups is 2. The zero-order valence-corrected chi connectivity index (χ0v) is 44.8. The molecule has 0 bridgehead atoms. The number of rotatable bonds is 34. The Labute approximate surface area is 461 Å². The van der Waals surface area contributed by atoms with Gasteiger partial charge in [0.05, 0.1) is 13.2 Å². The fraction of sp³-hybridized carbons (Fsp3) is 0.528. The third-order valence-electron chi connectivity index (χ3n) is 13.8. The Bertz CT molecular complexity index is 2640. The second kappa shape index (κ2) is 32.2. The number of primary amides is 1. The number of hydrogen-bond donors (Lipinski definition) is 15. The van der Waals surface area contributed by atoms with E-state index < -0.39 is 164 Å². The standard InChI is InChI=1S/C53H76N12O15/c1-3-29(2)44(64-48(74)38(61-45(71)33(55)27-66)24-30-12-5-4-6-13-30)51(77)59-35(16-9-10-22-54)46(72)58-36(18-20-42(56)68)47(73)60-37(19-21-43(69)70)52(78)65-23-11-17-41(65)50(76)63-40(28-67)49(75)62-39(53(79)80)25-31-26-57-34-15-8-7-14-32(31)34/h4-8,12-15,26,29,33,35-41,44,57,66-67H,3,9-11,16-25,27-28,54-55H2,1-2H3,(H2,56,68)(H,58,72)(H,59,77)(H,60,73)(H,61,71)(H,62,75)(H,63,76)(H,64,74)(H,69,70)(H,79,80)/t29-,33-,35-,36-,37-,38-,39-,40-,41-,44-/m0/s1. The van der Waals surface area contributed by atoms with Gasteiger partial charge < -0.3 is 84.7 Å². The monoisotopic (exact) mass is 1120 g/mol. The first-order chi connectivity index (χ1) is 38.1. The first-order valence-corrected chi connectivity index (χ1v) is 26.5. The molecule has 1 aliphatic rings. The average Bonchev–Trinajstić information content (AvgIpc) is 4.15. The molecule has 80 heavy (non-hydrogen) atoms. The summed E-state index contributed by atoms with van der Waals surface area (Å²) >= 11 is 0. The van der Waals surface area contributed by atoms with Gasteiger partial charge in [0.15, 0.2) is 0 Å². The van der Waals surface area contributed by atoms with Crippen LogP contribution in [0.1, 0.15) is 89.2 Å². The van der Waals surface area contributed by atoms with Crippen LogP contribution < -0.4 is 54.4 Å². The minimum Gasteiger partial charge on any atom is -0.481 e. The molecule has 0 unspecified atom stereocenters. The lowest BCUT2D eigenvalue weighted by atomic mass is 9.96. The van der Waals surface area contributed by atoms with Gasteiger partial charge in [-0.25, -0.2) is 4.79 Å².